The summed E-state index contributed by atoms with van der Waals surface area (Å²) in [5.74, 6) is -1.05. The van der Waals surface area contributed by atoms with Gasteiger partial charge in [-0.25, -0.2) is 4.79 Å². The van der Waals surface area contributed by atoms with Crippen molar-refractivity contribution in [3.05, 3.63) is 55.6 Å². The topological polar surface area (TPSA) is 59.3 Å². The maximum absolute atomic E-state index is 11.5. The van der Waals surface area contributed by atoms with Crippen LogP contribution in [-0.4, -0.2) is 15.6 Å². The van der Waals surface area contributed by atoms with E-state index in [0.717, 1.165) is 4.88 Å². The molecule has 0 amide bonds. The van der Waals surface area contributed by atoms with Crippen LogP contribution in [0, 0.1) is 0 Å². The molecule has 17 heavy (non-hydrogen) atoms. The highest BCUT2D eigenvalue weighted by Crippen LogP contribution is 2.21. The van der Waals surface area contributed by atoms with Crippen molar-refractivity contribution in [2.24, 2.45) is 0 Å². The molecule has 0 aliphatic rings. The van der Waals surface area contributed by atoms with Gasteiger partial charge in [0.25, 0.3) is 5.56 Å². The number of pyridine rings is 1. The molecule has 0 aliphatic carbocycles. The highest BCUT2D eigenvalue weighted by molar-refractivity contribution is 7.16. The van der Waals surface area contributed by atoms with E-state index < -0.39 is 5.97 Å². The zero-order chi connectivity index (χ0) is 12.4. The largest absolute Gasteiger partial charge is 0.478 e. The average Bonchev–Trinajstić information content (AvgIpc) is 2.67. The van der Waals surface area contributed by atoms with E-state index >= 15 is 0 Å². The number of rotatable bonds is 3. The molecule has 2 rings (SSSR count). The van der Waals surface area contributed by atoms with Crippen LogP contribution in [0.5, 0.6) is 0 Å². The van der Waals surface area contributed by atoms with Gasteiger partial charge in [-0.15, -0.1) is 11.3 Å². The monoisotopic (exact) mass is 269 g/mol. The van der Waals surface area contributed by atoms with Gasteiger partial charge in [0.1, 0.15) is 0 Å². The van der Waals surface area contributed by atoms with E-state index in [1.165, 1.54) is 34.2 Å². The molecule has 2 aromatic rings. The molecule has 0 aliphatic heterocycles. The van der Waals surface area contributed by atoms with Crippen molar-refractivity contribution in [2.75, 3.05) is 0 Å². The molecule has 0 atom stereocenters. The molecule has 0 fully saturated rings. The lowest BCUT2D eigenvalue weighted by atomic mass is 10.3. The molecule has 0 spiro atoms. The molecule has 0 unspecified atom stereocenters. The quantitative estimate of drug-likeness (QED) is 0.930. The number of aromatic nitrogens is 1. The molecule has 0 saturated carbocycles. The van der Waals surface area contributed by atoms with Crippen LogP contribution in [0.2, 0.25) is 4.34 Å². The van der Waals surface area contributed by atoms with Crippen molar-refractivity contribution in [2.45, 2.75) is 6.54 Å². The van der Waals surface area contributed by atoms with Gasteiger partial charge >= 0.3 is 5.97 Å². The Morgan fingerprint density at radius 1 is 1.35 bits per heavy atom. The number of aromatic carboxylic acids is 1. The summed E-state index contributed by atoms with van der Waals surface area (Å²) < 4.78 is 1.99. The molecule has 0 aromatic carbocycles. The standard InChI is InChI=1S/C11H8ClNO3S/c12-9-3-2-8(17-9)6-13-5-7(11(15)16)1-4-10(13)14/h1-5H,6H2,(H,15,16). The van der Waals surface area contributed by atoms with Gasteiger partial charge in [0.15, 0.2) is 0 Å². The van der Waals surface area contributed by atoms with E-state index in [1.807, 2.05) is 6.07 Å². The van der Waals surface area contributed by atoms with Gasteiger partial charge in [0.2, 0.25) is 0 Å². The highest BCUT2D eigenvalue weighted by Gasteiger charge is 2.06. The van der Waals surface area contributed by atoms with Gasteiger partial charge in [0, 0.05) is 17.1 Å². The number of halogens is 1. The second-order valence-corrected chi connectivity index (χ2v) is 5.19. The fourth-order valence-electron chi connectivity index (χ4n) is 1.39. The number of carboxylic acid groups (broad SMARTS) is 1. The van der Waals surface area contributed by atoms with Crippen LogP contribution in [0.4, 0.5) is 0 Å². The summed E-state index contributed by atoms with van der Waals surface area (Å²) in [4.78, 5) is 23.2. The Balaban J connectivity index is 2.35. The van der Waals surface area contributed by atoms with Crippen molar-refractivity contribution in [3.63, 3.8) is 0 Å². The molecule has 88 valence electrons. The average molecular weight is 270 g/mol. The Labute approximate surface area is 106 Å². The molecule has 0 bridgehead atoms. The molecular weight excluding hydrogens is 262 g/mol. The second-order valence-electron chi connectivity index (χ2n) is 3.39. The maximum Gasteiger partial charge on any atom is 0.337 e. The Morgan fingerprint density at radius 3 is 2.71 bits per heavy atom. The summed E-state index contributed by atoms with van der Waals surface area (Å²) in [5, 5.41) is 8.84. The minimum Gasteiger partial charge on any atom is -0.478 e. The Hall–Kier alpha value is -1.59. The zero-order valence-electron chi connectivity index (χ0n) is 8.59. The summed E-state index contributed by atoms with van der Waals surface area (Å²) in [6.07, 6.45) is 1.33. The van der Waals surface area contributed by atoms with Crippen molar-refractivity contribution in [3.8, 4) is 0 Å². The molecule has 0 radical (unpaired) electrons. The van der Waals surface area contributed by atoms with E-state index in [-0.39, 0.29) is 11.1 Å². The number of hydrogen-bond acceptors (Lipinski definition) is 3. The number of nitrogens with zero attached hydrogens (tertiary/aromatic N) is 1. The predicted molar refractivity (Wildman–Crippen MR) is 66.1 cm³/mol. The molecular formula is C11H8ClNO3S. The van der Waals surface area contributed by atoms with Crippen LogP contribution in [0.15, 0.2) is 35.3 Å². The lowest BCUT2D eigenvalue weighted by Gasteiger charge is -2.04. The van der Waals surface area contributed by atoms with Gasteiger partial charge in [0.05, 0.1) is 16.4 Å². The first-order chi connectivity index (χ1) is 8.06. The lowest BCUT2D eigenvalue weighted by molar-refractivity contribution is 0.0696. The van der Waals surface area contributed by atoms with Crippen LogP contribution in [0.25, 0.3) is 0 Å². The first-order valence-electron chi connectivity index (χ1n) is 4.74. The maximum atomic E-state index is 11.5. The molecule has 1 N–H and O–H groups in total. The van der Waals surface area contributed by atoms with E-state index in [9.17, 15) is 9.59 Å². The second kappa shape index (κ2) is 4.73. The van der Waals surface area contributed by atoms with Crippen LogP contribution in [0.1, 0.15) is 15.2 Å². The minimum atomic E-state index is -1.05. The predicted octanol–water partition coefficient (Wildman–Crippen LogP) is 2.31. The van der Waals surface area contributed by atoms with Crippen molar-refractivity contribution >= 4 is 28.9 Å². The van der Waals surface area contributed by atoms with Crippen molar-refractivity contribution < 1.29 is 9.90 Å². The smallest absolute Gasteiger partial charge is 0.337 e. The van der Waals surface area contributed by atoms with Crippen LogP contribution in [0.3, 0.4) is 0 Å². The van der Waals surface area contributed by atoms with Gasteiger partial charge in [-0.1, -0.05) is 11.6 Å². The van der Waals surface area contributed by atoms with Crippen LogP contribution >= 0.6 is 22.9 Å². The molecule has 4 nitrogen and oxygen atoms in total. The summed E-state index contributed by atoms with van der Waals surface area (Å²) >= 11 is 7.15. The summed E-state index contributed by atoms with van der Waals surface area (Å²) in [7, 11) is 0. The van der Waals surface area contributed by atoms with E-state index in [2.05, 4.69) is 0 Å². The fourth-order valence-corrected chi connectivity index (χ4v) is 2.47. The van der Waals surface area contributed by atoms with Gasteiger partial charge in [-0.2, -0.15) is 0 Å². The third kappa shape index (κ3) is 2.75. The van der Waals surface area contributed by atoms with Crippen LogP contribution < -0.4 is 5.56 Å². The molecule has 6 heteroatoms. The normalized spacial score (nSPS) is 10.4. The Kier molecular flexibility index (Phi) is 3.31. The molecule has 2 aromatic heterocycles. The number of carboxylic acids is 1. The van der Waals surface area contributed by atoms with E-state index in [4.69, 9.17) is 16.7 Å². The fraction of sp³-hybridized carbons (Fsp3) is 0.0909. The van der Waals surface area contributed by atoms with E-state index in [0.29, 0.717) is 10.9 Å². The third-order valence-corrected chi connectivity index (χ3v) is 3.40. The molecule has 2 heterocycles. The van der Waals surface area contributed by atoms with Crippen LogP contribution in [-0.2, 0) is 6.54 Å². The SMILES string of the molecule is O=C(O)c1ccc(=O)n(Cc2ccc(Cl)s2)c1. The summed E-state index contributed by atoms with van der Waals surface area (Å²) in [5.41, 5.74) is -0.147. The minimum absolute atomic E-state index is 0.0900. The highest BCUT2D eigenvalue weighted by atomic mass is 35.5. The first-order valence-corrected chi connectivity index (χ1v) is 5.94. The lowest BCUT2D eigenvalue weighted by Crippen LogP contribution is -2.20. The summed E-state index contributed by atoms with van der Waals surface area (Å²) in [6, 6.07) is 6.10. The first kappa shape index (κ1) is 11.9. The third-order valence-electron chi connectivity index (χ3n) is 2.19. The zero-order valence-corrected chi connectivity index (χ0v) is 10.2. The van der Waals surface area contributed by atoms with Gasteiger partial charge in [-0.05, 0) is 18.2 Å². The molecule has 0 saturated heterocycles. The van der Waals surface area contributed by atoms with Gasteiger partial charge in [-0.3, -0.25) is 4.79 Å². The van der Waals surface area contributed by atoms with Crippen molar-refractivity contribution in [1.82, 2.24) is 4.57 Å². The van der Waals surface area contributed by atoms with Gasteiger partial charge < -0.3 is 9.67 Å². The number of thiophene rings is 1. The van der Waals surface area contributed by atoms with E-state index in [1.54, 1.807) is 6.07 Å². The number of hydrogen-bond donors (Lipinski definition) is 1. The number of carbonyl (C=O) groups is 1. The van der Waals surface area contributed by atoms with Crippen molar-refractivity contribution in [1.29, 1.82) is 0 Å². The summed E-state index contributed by atoms with van der Waals surface area (Å²) in [6.45, 7) is 0.331. The Bertz CT molecular complexity index is 617. The Morgan fingerprint density at radius 2 is 2.12 bits per heavy atom.